The smallest absolute Gasteiger partial charge is 0.308 e. The van der Waals surface area contributed by atoms with E-state index in [1.165, 1.54) is 6.92 Å². The number of ether oxygens (including phenoxy) is 2. The Morgan fingerprint density at radius 2 is 2.19 bits per heavy atom. The summed E-state index contributed by atoms with van der Waals surface area (Å²) in [4.78, 5) is 11.0. The Bertz CT molecular complexity index is 577. The average Bonchev–Trinajstić information content (AvgIpc) is 2.67. The van der Waals surface area contributed by atoms with Crippen LogP contribution in [-0.4, -0.2) is 5.97 Å². The molecule has 3 rings (SSSR count). The molecule has 0 aromatic heterocycles. The van der Waals surface area contributed by atoms with Crippen LogP contribution < -0.4 is 9.47 Å². The Kier molecular flexibility index (Phi) is 1.86. The maximum Gasteiger partial charge on any atom is 0.308 e. The summed E-state index contributed by atoms with van der Waals surface area (Å²) in [6.07, 6.45) is 0. The van der Waals surface area contributed by atoms with Gasteiger partial charge in [0.25, 0.3) is 0 Å². The lowest BCUT2D eigenvalue weighted by Crippen LogP contribution is -2.01. The maximum atomic E-state index is 11.0. The van der Waals surface area contributed by atoms with Crippen LogP contribution >= 0.6 is 0 Å². The van der Waals surface area contributed by atoms with Crippen LogP contribution in [0.15, 0.2) is 30.3 Å². The molecule has 3 nitrogen and oxygen atoms in total. The first-order valence-corrected chi connectivity index (χ1v) is 5.11. The minimum atomic E-state index is -0.306. The molecule has 0 bridgehead atoms. The second-order valence-electron chi connectivity index (χ2n) is 3.78. The molecule has 3 heteroatoms. The summed E-state index contributed by atoms with van der Waals surface area (Å²) >= 11 is 0. The number of rotatable bonds is 1. The highest BCUT2D eigenvalue weighted by atomic mass is 16.5. The minimum Gasteiger partial charge on any atom is -0.488 e. The first-order valence-electron chi connectivity index (χ1n) is 5.11. The standard InChI is InChI=1S/C13H10O3/c1-8(14)16-11-5-6-12-13-9(7-15-12)3-2-4-10(11)13/h2-6H,7H2,1H3. The fourth-order valence-corrected chi connectivity index (χ4v) is 2.06. The molecule has 0 unspecified atom stereocenters. The monoisotopic (exact) mass is 214 g/mol. The molecule has 2 aromatic carbocycles. The van der Waals surface area contributed by atoms with Crippen LogP contribution in [0.2, 0.25) is 0 Å². The predicted molar refractivity (Wildman–Crippen MR) is 59.6 cm³/mol. The summed E-state index contributed by atoms with van der Waals surface area (Å²) < 4.78 is 10.7. The van der Waals surface area contributed by atoms with E-state index in [0.29, 0.717) is 12.4 Å². The summed E-state index contributed by atoms with van der Waals surface area (Å²) in [5.41, 5.74) is 1.14. The normalized spacial score (nSPS) is 12.6. The van der Waals surface area contributed by atoms with Crippen molar-refractivity contribution in [3.63, 3.8) is 0 Å². The third-order valence-corrected chi connectivity index (χ3v) is 2.69. The first-order chi connectivity index (χ1) is 7.75. The van der Waals surface area contributed by atoms with Crippen LogP contribution in [0.4, 0.5) is 0 Å². The van der Waals surface area contributed by atoms with Crippen LogP contribution in [0.1, 0.15) is 12.5 Å². The third kappa shape index (κ3) is 1.25. The van der Waals surface area contributed by atoms with Gasteiger partial charge in [-0.25, -0.2) is 0 Å². The quantitative estimate of drug-likeness (QED) is 0.540. The molecule has 1 aliphatic rings. The summed E-state index contributed by atoms with van der Waals surface area (Å²) in [5.74, 6) is 1.15. The van der Waals surface area contributed by atoms with Gasteiger partial charge in [0.15, 0.2) is 0 Å². The highest BCUT2D eigenvalue weighted by Crippen LogP contribution is 2.39. The maximum absolute atomic E-state index is 11.0. The van der Waals surface area contributed by atoms with Crippen LogP contribution in [0.3, 0.4) is 0 Å². The van der Waals surface area contributed by atoms with Gasteiger partial charge in [-0.15, -0.1) is 0 Å². The van der Waals surface area contributed by atoms with Crippen molar-refractivity contribution < 1.29 is 14.3 Å². The molecule has 0 aliphatic carbocycles. The molecule has 0 radical (unpaired) electrons. The number of hydrogen-bond donors (Lipinski definition) is 0. The Hall–Kier alpha value is -2.03. The zero-order chi connectivity index (χ0) is 11.1. The molecule has 0 spiro atoms. The van der Waals surface area contributed by atoms with Gasteiger partial charge in [-0.1, -0.05) is 18.2 Å². The van der Waals surface area contributed by atoms with Crippen molar-refractivity contribution in [2.75, 3.05) is 0 Å². The lowest BCUT2D eigenvalue weighted by Gasteiger charge is -2.06. The highest BCUT2D eigenvalue weighted by molar-refractivity contribution is 5.97. The first kappa shape index (κ1) is 9.21. The number of carbonyl (C=O) groups is 1. The molecule has 80 valence electrons. The number of carbonyl (C=O) groups excluding carboxylic acids is 1. The lowest BCUT2D eigenvalue weighted by molar-refractivity contribution is -0.131. The van der Waals surface area contributed by atoms with Crippen molar-refractivity contribution in [2.45, 2.75) is 13.5 Å². The van der Waals surface area contributed by atoms with Crippen molar-refractivity contribution in [2.24, 2.45) is 0 Å². The van der Waals surface area contributed by atoms with Gasteiger partial charge in [0.2, 0.25) is 0 Å². The van der Waals surface area contributed by atoms with E-state index in [-0.39, 0.29) is 5.97 Å². The van der Waals surface area contributed by atoms with Crippen LogP contribution in [-0.2, 0) is 11.4 Å². The minimum absolute atomic E-state index is 0.306. The van der Waals surface area contributed by atoms with Gasteiger partial charge in [-0.2, -0.15) is 0 Å². The van der Waals surface area contributed by atoms with Crippen LogP contribution in [0, 0.1) is 0 Å². The van der Waals surface area contributed by atoms with E-state index in [1.54, 1.807) is 6.07 Å². The highest BCUT2D eigenvalue weighted by Gasteiger charge is 2.17. The summed E-state index contributed by atoms with van der Waals surface area (Å²) in [6, 6.07) is 9.53. The lowest BCUT2D eigenvalue weighted by atomic mass is 10.1. The number of benzene rings is 2. The van der Waals surface area contributed by atoms with Gasteiger partial charge in [-0.3, -0.25) is 4.79 Å². The van der Waals surface area contributed by atoms with E-state index in [1.807, 2.05) is 24.3 Å². The van der Waals surface area contributed by atoms with Gasteiger partial charge >= 0.3 is 5.97 Å². The Morgan fingerprint density at radius 1 is 1.31 bits per heavy atom. The molecule has 0 fully saturated rings. The van der Waals surface area contributed by atoms with E-state index in [2.05, 4.69) is 0 Å². The largest absolute Gasteiger partial charge is 0.488 e. The van der Waals surface area contributed by atoms with E-state index >= 15 is 0 Å². The molecule has 0 amide bonds. The zero-order valence-corrected chi connectivity index (χ0v) is 8.82. The summed E-state index contributed by atoms with van der Waals surface area (Å²) in [6.45, 7) is 2.00. The van der Waals surface area contributed by atoms with E-state index < -0.39 is 0 Å². The SMILES string of the molecule is CC(=O)Oc1ccc2c3c(cccc13)CO2. The van der Waals surface area contributed by atoms with E-state index in [4.69, 9.17) is 9.47 Å². The second-order valence-corrected chi connectivity index (χ2v) is 3.78. The fraction of sp³-hybridized carbons (Fsp3) is 0.154. The topological polar surface area (TPSA) is 35.5 Å². The van der Waals surface area contributed by atoms with Gasteiger partial charge in [0, 0.05) is 23.3 Å². The molecule has 16 heavy (non-hydrogen) atoms. The van der Waals surface area contributed by atoms with Gasteiger partial charge in [0.05, 0.1) is 0 Å². The number of esters is 1. The Morgan fingerprint density at radius 3 is 3.00 bits per heavy atom. The summed E-state index contributed by atoms with van der Waals surface area (Å²) in [7, 11) is 0. The van der Waals surface area contributed by atoms with E-state index in [0.717, 1.165) is 22.1 Å². The molecule has 0 saturated carbocycles. The number of hydrogen-bond acceptors (Lipinski definition) is 3. The molecule has 0 atom stereocenters. The third-order valence-electron chi connectivity index (χ3n) is 2.69. The molecule has 2 aromatic rings. The van der Waals surface area contributed by atoms with Crippen LogP contribution in [0.25, 0.3) is 10.8 Å². The molecule has 0 saturated heterocycles. The van der Waals surface area contributed by atoms with Gasteiger partial charge in [-0.05, 0) is 12.1 Å². The molecule has 1 heterocycles. The van der Waals surface area contributed by atoms with Gasteiger partial charge in [0.1, 0.15) is 18.1 Å². The van der Waals surface area contributed by atoms with Crippen molar-refractivity contribution in [1.82, 2.24) is 0 Å². The average molecular weight is 214 g/mol. The molecule has 0 N–H and O–H groups in total. The van der Waals surface area contributed by atoms with Gasteiger partial charge < -0.3 is 9.47 Å². The van der Waals surface area contributed by atoms with Crippen LogP contribution in [0.5, 0.6) is 11.5 Å². The predicted octanol–water partition coefficient (Wildman–Crippen LogP) is 2.66. The fourth-order valence-electron chi connectivity index (χ4n) is 2.06. The zero-order valence-electron chi connectivity index (χ0n) is 8.82. The second kappa shape index (κ2) is 3.23. The Balaban J connectivity index is 2.29. The summed E-state index contributed by atoms with van der Waals surface area (Å²) in [5, 5.41) is 1.99. The molecule has 1 aliphatic heterocycles. The van der Waals surface area contributed by atoms with E-state index in [9.17, 15) is 4.79 Å². The molecular formula is C13H10O3. The van der Waals surface area contributed by atoms with Crippen molar-refractivity contribution in [1.29, 1.82) is 0 Å². The molecular weight excluding hydrogens is 204 g/mol. The Labute approximate surface area is 92.6 Å². The van der Waals surface area contributed by atoms with Crippen molar-refractivity contribution in [3.05, 3.63) is 35.9 Å². The van der Waals surface area contributed by atoms with Crippen molar-refractivity contribution >= 4 is 16.7 Å². The van der Waals surface area contributed by atoms with Crippen molar-refractivity contribution in [3.8, 4) is 11.5 Å².